The summed E-state index contributed by atoms with van der Waals surface area (Å²) < 4.78 is 0. The average molecular weight is 252 g/mol. The molecular weight excluding hydrogens is 230 g/mol. The molecule has 0 atom stereocenters. The molecular formula is C14H22NOS+. The van der Waals surface area contributed by atoms with Crippen molar-refractivity contribution in [1.82, 2.24) is 0 Å². The van der Waals surface area contributed by atoms with Gasteiger partial charge in [0.2, 0.25) is 5.78 Å². The molecule has 0 spiro atoms. The zero-order valence-corrected chi connectivity index (χ0v) is 12.0. The Labute approximate surface area is 107 Å². The van der Waals surface area contributed by atoms with Crippen molar-refractivity contribution in [2.75, 3.05) is 36.3 Å². The van der Waals surface area contributed by atoms with Gasteiger partial charge in [-0.3, -0.25) is 4.79 Å². The van der Waals surface area contributed by atoms with Crippen molar-refractivity contribution in [2.24, 2.45) is 0 Å². The van der Waals surface area contributed by atoms with E-state index in [4.69, 9.17) is 0 Å². The molecule has 0 aliphatic carbocycles. The van der Waals surface area contributed by atoms with Crippen LogP contribution < -0.4 is 4.90 Å². The molecule has 0 unspecified atom stereocenters. The predicted molar refractivity (Wildman–Crippen MR) is 78.4 cm³/mol. The van der Waals surface area contributed by atoms with E-state index in [9.17, 15) is 4.79 Å². The van der Waals surface area contributed by atoms with Crippen LogP contribution in [0.25, 0.3) is 0 Å². The highest BCUT2D eigenvalue weighted by Gasteiger charge is 2.14. The van der Waals surface area contributed by atoms with Crippen LogP contribution in [0.3, 0.4) is 0 Å². The highest BCUT2D eigenvalue weighted by molar-refractivity contribution is 7.96. The molecule has 0 fully saturated rings. The zero-order valence-electron chi connectivity index (χ0n) is 11.2. The van der Waals surface area contributed by atoms with E-state index in [2.05, 4.69) is 31.3 Å². The highest BCUT2D eigenvalue weighted by Crippen LogP contribution is 2.15. The minimum absolute atomic E-state index is 0.177. The van der Waals surface area contributed by atoms with Crippen molar-refractivity contribution >= 4 is 22.4 Å². The second-order valence-electron chi connectivity index (χ2n) is 4.27. The first-order valence-corrected chi connectivity index (χ1v) is 8.21. The van der Waals surface area contributed by atoms with Gasteiger partial charge in [-0.05, 0) is 49.0 Å². The number of Topliss-reactive ketones (excluding diaryl/α,β-unsaturated/α-hetero) is 1. The summed E-state index contributed by atoms with van der Waals surface area (Å²) in [6.45, 7) is 6.28. The second kappa shape index (κ2) is 6.70. The van der Waals surface area contributed by atoms with Crippen LogP contribution in [0.15, 0.2) is 24.3 Å². The Balaban J connectivity index is 2.77. The van der Waals surface area contributed by atoms with Gasteiger partial charge in [-0.15, -0.1) is 0 Å². The molecule has 1 rings (SSSR count). The highest BCUT2D eigenvalue weighted by atomic mass is 32.2. The molecule has 1 aromatic carbocycles. The fourth-order valence-electron chi connectivity index (χ4n) is 1.79. The number of hydrogen-bond acceptors (Lipinski definition) is 2. The minimum Gasteiger partial charge on any atom is -0.372 e. The van der Waals surface area contributed by atoms with Crippen LogP contribution >= 0.6 is 0 Å². The zero-order chi connectivity index (χ0) is 12.8. The largest absolute Gasteiger partial charge is 0.372 e. The van der Waals surface area contributed by atoms with Crippen molar-refractivity contribution in [1.29, 1.82) is 0 Å². The maximum absolute atomic E-state index is 11.9. The molecule has 0 bridgehead atoms. The number of carbonyl (C=O) groups excluding carboxylic acids is 1. The summed E-state index contributed by atoms with van der Waals surface area (Å²) in [7, 11) is 0.177. The maximum atomic E-state index is 11.9. The number of nitrogens with zero attached hydrogens (tertiary/aromatic N) is 1. The molecule has 0 saturated heterocycles. The quantitative estimate of drug-likeness (QED) is 0.573. The van der Waals surface area contributed by atoms with Crippen molar-refractivity contribution in [3.05, 3.63) is 29.8 Å². The van der Waals surface area contributed by atoms with Gasteiger partial charge < -0.3 is 4.90 Å². The summed E-state index contributed by atoms with van der Waals surface area (Å²) in [6.07, 6.45) is 4.20. The van der Waals surface area contributed by atoms with E-state index in [1.165, 1.54) is 5.69 Å². The molecule has 1 aromatic rings. The maximum Gasteiger partial charge on any atom is 0.211 e. The van der Waals surface area contributed by atoms with Crippen LogP contribution in [0, 0.1) is 0 Å². The molecule has 0 N–H and O–H groups in total. The average Bonchev–Trinajstić information content (AvgIpc) is 2.30. The van der Waals surface area contributed by atoms with Crippen molar-refractivity contribution in [3.8, 4) is 0 Å². The number of hydrogen-bond donors (Lipinski definition) is 0. The molecule has 3 heteroatoms. The third-order valence-electron chi connectivity index (χ3n) is 2.74. The lowest BCUT2D eigenvalue weighted by Crippen LogP contribution is -2.21. The molecule has 17 heavy (non-hydrogen) atoms. The predicted octanol–water partition coefficient (Wildman–Crippen LogP) is 2.59. The van der Waals surface area contributed by atoms with E-state index in [0.717, 1.165) is 18.7 Å². The number of ketones is 1. The van der Waals surface area contributed by atoms with Crippen molar-refractivity contribution < 1.29 is 4.79 Å². The Morgan fingerprint density at radius 3 is 2.06 bits per heavy atom. The van der Waals surface area contributed by atoms with Gasteiger partial charge in [-0.1, -0.05) is 0 Å². The van der Waals surface area contributed by atoms with Crippen LogP contribution in [0.4, 0.5) is 5.69 Å². The van der Waals surface area contributed by atoms with Crippen LogP contribution in [-0.2, 0) is 10.9 Å². The van der Waals surface area contributed by atoms with Crippen molar-refractivity contribution in [2.45, 2.75) is 13.8 Å². The summed E-state index contributed by atoms with van der Waals surface area (Å²) in [5, 5.41) is 0. The van der Waals surface area contributed by atoms with Gasteiger partial charge >= 0.3 is 0 Å². The third kappa shape index (κ3) is 4.08. The first-order valence-electron chi connectivity index (χ1n) is 6.00. The molecule has 0 amide bonds. The molecule has 0 aliphatic rings. The van der Waals surface area contributed by atoms with Gasteiger partial charge in [-0.25, -0.2) is 0 Å². The van der Waals surface area contributed by atoms with E-state index in [-0.39, 0.29) is 16.7 Å². The number of benzene rings is 1. The van der Waals surface area contributed by atoms with Gasteiger partial charge in [0.15, 0.2) is 5.75 Å². The lowest BCUT2D eigenvalue weighted by molar-refractivity contribution is 0.102. The fourth-order valence-corrected chi connectivity index (χ4v) is 2.48. The fraction of sp³-hybridized carbons (Fsp3) is 0.500. The molecule has 0 aromatic heterocycles. The summed E-state index contributed by atoms with van der Waals surface area (Å²) in [5.74, 6) is 0.911. The lowest BCUT2D eigenvalue weighted by atomic mass is 10.1. The second-order valence-corrected chi connectivity index (χ2v) is 6.53. The smallest absolute Gasteiger partial charge is 0.211 e. The van der Waals surface area contributed by atoms with Gasteiger partial charge in [0, 0.05) is 24.3 Å². The Morgan fingerprint density at radius 1 is 1.12 bits per heavy atom. The molecule has 0 heterocycles. The Bertz CT molecular complexity index is 355. The molecule has 0 aliphatic heterocycles. The summed E-state index contributed by atoms with van der Waals surface area (Å²) in [5.41, 5.74) is 2.03. The first-order chi connectivity index (χ1) is 8.08. The van der Waals surface area contributed by atoms with Crippen LogP contribution in [0.1, 0.15) is 24.2 Å². The molecule has 0 radical (unpaired) electrons. The third-order valence-corrected chi connectivity index (χ3v) is 3.58. The molecule has 2 nitrogen and oxygen atoms in total. The van der Waals surface area contributed by atoms with E-state index < -0.39 is 0 Å². The standard InChI is InChI=1S/C14H22NOS/c1-5-15(6-2)13-9-7-12(8-10-13)14(16)11-17(3)4/h7-10H,5-6,11H2,1-4H3/q+1. The van der Waals surface area contributed by atoms with E-state index in [1.54, 1.807) is 0 Å². The molecule has 94 valence electrons. The number of anilines is 1. The van der Waals surface area contributed by atoms with E-state index in [0.29, 0.717) is 5.75 Å². The summed E-state index contributed by atoms with van der Waals surface area (Å²) in [6, 6.07) is 7.99. The SMILES string of the molecule is CCN(CC)c1ccc(C(=O)C[S+](C)C)cc1. The summed E-state index contributed by atoms with van der Waals surface area (Å²) in [4.78, 5) is 14.1. The van der Waals surface area contributed by atoms with Crippen LogP contribution in [0.2, 0.25) is 0 Å². The number of carbonyl (C=O) groups is 1. The van der Waals surface area contributed by atoms with Crippen LogP contribution in [-0.4, -0.2) is 37.1 Å². The van der Waals surface area contributed by atoms with Gasteiger partial charge in [0.05, 0.1) is 12.5 Å². The van der Waals surface area contributed by atoms with Gasteiger partial charge in [0.1, 0.15) is 0 Å². The lowest BCUT2D eigenvalue weighted by Gasteiger charge is -2.20. The summed E-state index contributed by atoms with van der Waals surface area (Å²) >= 11 is 0. The topological polar surface area (TPSA) is 20.3 Å². The van der Waals surface area contributed by atoms with Gasteiger partial charge in [-0.2, -0.15) is 0 Å². The minimum atomic E-state index is 0.177. The van der Waals surface area contributed by atoms with Crippen LogP contribution in [0.5, 0.6) is 0 Å². The molecule has 0 saturated carbocycles. The van der Waals surface area contributed by atoms with Crippen molar-refractivity contribution in [3.63, 3.8) is 0 Å². The Hall–Kier alpha value is -0.960. The van der Waals surface area contributed by atoms with E-state index >= 15 is 0 Å². The Kier molecular flexibility index (Phi) is 5.56. The first kappa shape index (κ1) is 14.1. The Morgan fingerprint density at radius 2 is 1.65 bits per heavy atom. The number of rotatable bonds is 6. The van der Waals surface area contributed by atoms with Gasteiger partial charge in [0.25, 0.3) is 0 Å². The monoisotopic (exact) mass is 252 g/mol. The normalized spacial score (nSPS) is 10.6. The van der Waals surface area contributed by atoms with E-state index in [1.807, 2.05) is 24.3 Å².